The number of nitro groups is 1. The molecule has 1 N–H and O–H groups in total. The summed E-state index contributed by atoms with van der Waals surface area (Å²) in [6.07, 6.45) is 1.99. The number of benzene rings is 1. The maximum absolute atomic E-state index is 11.7. The summed E-state index contributed by atoms with van der Waals surface area (Å²) in [4.78, 5) is 35.6. The fraction of sp³-hybridized carbons (Fsp3) is 0.231. The van der Waals surface area contributed by atoms with Gasteiger partial charge in [-0.05, 0) is 12.0 Å². The van der Waals surface area contributed by atoms with E-state index in [-0.39, 0.29) is 12.2 Å². The molecule has 104 valence electrons. The molecule has 0 amide bonds. The summed E-state index contributed by atoms with van der Waals surface area (Å²) >= 11 is 0. The molecule has 0 bridgehead atoms. The van der Waals surface area contributed by atoms with Gasteiger partial charge in [0.1, 0.15) is 0 Å². The van der Waals surface area contributed by atoms with Gasteiger partial charge in [0.15, 0.2) is 0 Å². The molecule has 2 aromatic rings. The molecule has 7 heteroatoms. The largest absolute Gasteiger partial charge is 0.328 e. The van der Waals surface area contributed by atoms with Crippen molar-refractivity contribution in [1.29, 1.82) is 0 Å². The second-order valence-corrected chi connectivity index (χ2v) is 4.32. The summed E-state index contributed by atoms with van der Waals surface area (Å²) in [7, 11) is 0. The average Bonchev–Trinajstić information content (AvgIpc) is 2.42. The summed E-state index contributed by atoms with van der Waals surface area (Å²) in [6.45, 7) is 1.98. The molecular formula is C13H13N3O4. The number of non-ortho nitro benzene ring substituents is 1. The van der Waals surface area contributed by atoms with Crippen molar-refractivity contribution in [1.82, 2.24) is 9.55 Å². The molecule has 0 radical (unpaired) electrons. The number of nitro benzene ring substituents is 1. The van der Waals surface area contributed by atoms with Gasteiger partial charge in [-0.15, -0.1) is 0 Å². The topological polar surface area (TPSA) is 98.0 Å². The van der Waals surface area contributed by atoms with Crippen molar-refractivity contribution in [3.63, 3.8) is 0 Å². The van der Waals surface area contributed by atoms with E-state index in [0.29, 0.717) is 17.5 Å². The molecule has 0 atom stereocenters. The van der Waals surface area contributed by atoms with E-state index in [9.17, 15) is 19.7 Å². The molecule has 1 aromatic carbocycles. The Morgan fingerprint density at radius 2 is 2.10 bits per heavy atom. The van der Waals surface area contributed by atoms with Gasteiger partial charge in [0.2, 0.25) is 0 Å². The van der Waals surface area contributed by atoms with E-state index < -0.39 is 16.2 Å². The molecule has 1 aromatic heterocycles. The summed E-state index contributed by atoms with van der Waals surface area (Å²) in [5.74, 6) is 0. The highest BCUT2D eigenvalue weighted by Crippen LogP contribution is 2.13. The van der Waals surface area contributed by atoms with E-state index in [2.05, 4.69) is 4.98 Å². The molecule has 0 unspecified atom stereocenters. The Morgan fingerprint density at radius 3 is 2.75 bits per heavy atom. The van der Waals surface area contributed by atoms with Gasteiger partial charge in [-0.3, -0.25) is 24.5 Å². The summed E-state index contributed by atoms with van der Waals surface area (Å²) in [5.41, 5.74) is 0.160. The molecule has 0 fully saturated rings. The molecule has 1 heterocycles. The van der Waals surface area contributed by atoms with Crippen molar-refractivity contribution in [3.05, 3.63) is 72.5 Å². The molecule has 0 aliphatic heterocycles. The number of hydrogen-bond donors (Lipinski definition) is 1. The van der Waals surface area contributed by atoms with Gasteiger partial charge >= 0.3 is 5.69 Å². The number of aryl methyl sites for hydroxylation is 1. The van der Waals surface area contributed by atoms with Gasteiger partial charge < -0.3 is 0 Å². The number of nitrogens with zero attached hydrogens (tertiary/aromatic N) is 2. The first-order valence-corrected chi connectivity index (χ1v) is 6.07. The van der Waals surface area contributed by atoms with Gasteiger partial charge in [-0.25, -0.2) is 4.79 Å². The molecule has 0 aliphatic rings. The Balaban J connectivity index is 2.39. The van der Waals surface area contributed by atoms with Crippen molar-refractivity contribution in [2.75, 3.05) is 0 Å². The maximum Gasteiger partial charge on any atom is 0.328 e. The molecule has 0 aliphatic carbocycles. The predicted octanol–water partition coefficient (Wildman–Crippen LogP) is 1.06. The van der Waals surface area contributed by atoms with E-state index in [1.54, 1.807) is 12.1 Å². The standard InChI is InChI=1S/C13H13N3O4/c1-2-10-8-15(13(18)14-12(10)17)7-9-4-3-5-11(6-9)16(19)20/h3-6,8H,2,7H2,1H3,(H,14,17,18). The third kappa shape index (κ3) is 2.82. The van der Waals surface area contributed by atoms with Crippen LogP contribution >= 0.6 is 0 Å². The zero-order chi connectivity index (χ0) is 14.7. The Labute approximate surface area is 113 Å². The number of hydrogen-bond acceptors (Lipinski definition) is 4. The van der Waals surface area contributed by atoms with Crippen LogP contribution in [0.1, 0.15) is 18.1 Å². The Hall–Kier alpha value is -2.70. The SMILES string of the molecule is CCc1cn(Cc2cccc([N+](=O)[O-])c2)c(=O)[nH]c1=O. The highest BCUT2D eigenvalue weighted by Gasteiger charge is 2.08. The quantitative estimate of drug-likeness (QED) is 0.666. The summed E-state index contributed by atoms with van der Waals surface area (Å²) < 4.78 is 1.33. The minimum Gasteiger partial charge on any atom is -0.296 e. The number of aromatic nitrogens is 2. The summed E-state index contributed by atoms with van der Waals surface area (Å²) in [5, 5.41) is 10.7. The van der Waals surface area contributed by atoms with Crippen LogP contribution in [0, 0.1) is 10.1 Å². The van der Waals surface area contributed by atoms with Crippen molar-refractivity contribution < 1.29 is 4.92 Å². The molecule has 7 nitrogen and oxygen atoms in total. The first kappa shape index (κ1) is 13.7. The Morgan fingerprint density at radius 1 is 1.35 bits per heavy atom. The molecule has 2 rings (SSSR count). The van der Waals surface area contributed by atoms with Crippen LogP contribution in [0.25, 0.3) is 0 Å². The van der Waals surface area contributed by atoms with Crippen LogP contribution in [0.15, 0.2) is 40.1 Å². The monoisotopic (exact) mass is 275 g/mol. The van der Waals surface area contributed by atoms with E-state index in [4.69, 9.17) is 0 Å². The Kier molecular flexibility index (Phi) is 3.79. The van der Waals surface area contributed by atoms with E-state index in [1.807, 2.05) is 6.92 Å². The number of rotatable bonds is 4. The fourth-order valence-corrected chi connectivity index (χ4v) is 1.89. The van der Waals surface area contributed by atoms with Crippen LogP contribution in [0.3, 0.4) is 0 Å². The molecule has 20 heavy (non-hydrogen) atoms. The molecule has 0 spiro atoms. The van der Waals surface area contributed by atoms with Crippen molar-refractivity contribution in [2.24, 2.45) is 0 Å². The first-order valence-electron chi connectivity index (χ1n) is 6.07. The van der Waals surface area contributed by atoms with Gasteiger partial charge in [0.05, 0.1) is 11.5 Å². The van der Waals surface area contributed by atoms with E-state index in [1.165, 1.54) is 22.9 Å². The van der Waals surface area contributed by atoms with Gasteiger partial charge in [-0.2, -0.15) is 0 Å². The van der Waals surface area contributed by atoms with Crippen LogP contribution in [-0.4, -0.2) is 14.5 Å². The van der Waals surface area contributed by atoms with Crippen LogP contribution < -0.4 is 11.2 Å². The molecule has 0 saturated heterocycles. The van der Waals surface area contributed by atoms with E-state index in [0.717, 1.165) is 0 Å². The number of nitrogens with one attached hydrogen (secondary N) is 1. The van der Waals surface area contributed by atoms with Gasteiger partial charge in [0, 0.05) is 23.9 Å². The van der Waals surface area contributed by atoms with Crippen molar-refractivity contribution >= 4 is 5.69 Å². The lowest BCUT2D eigenvalue weighted by Gasteiger charge is -2.06. The second kappa shape index (κ2) is 5.52. The zero-order valence-electron chi connectivity index (χ0n) is 10.8. The first-order chi connectivity index (χ1) is 9.51. The second-order valence-electron chi connectivity index (χ2n) is 4.32. The lowest BCUT2D eigenvalue weighted by atomic mass is 10.2. The average molecular weight is 275 g/mol. The van der Waals surface area contributed by atoms with Crippen molar-refractivity contribution in [3.8, 4) is 0 Å². The van der Waals surface area contributed by atoms with Gasteiger partial charge in [-0.1, -0.05) is 19.1 Å². The molecular weight excluding hydrogens is 262 g/mol. The fourth-order valence-electron chi connectivity index (χ4n) is 1.89. The van der Waals surface area contributed by atoms with Gasteiger partial charge in [0.25, 0.3) is 11.2 Å². The van der Waals surface area contributed by atoms with E-state index >= 15 is 0 Å². The zero-order valence-corrected chi connectivity index (χ0v) is 10.8. The predicted molar refractivity (Wildman–Crippen MR) is 72.9 cm³/mol. The smallest absolute Gasteiger partial charge is 0.296 e. The maximum atomic E-state index is 11.7. The normalized spacial score (nSPS) is 10.4. The van der Waals surface area contributed by atoms with Crippen LogP contribution in [-0.2, 0) is 13.0 Å². The molecule has 0 saturated carbocycles. The lowest BCUT2D eigenvalue weighted by Crippen LogP contribution is -2.31. The minimum absolute atomic E-state index is 0.0318. The summed E-state index contributed by atoms with van der Waals surface area (Å²) in [6, 6.07) is 6.04. The number of aromatic amines is 1. The van der Waals surface area contributed by atoms with Crippen LogP contribution in [0.2, 0.25) is 0 Å². The van der Waals surface area contributed by atoms with Crippen LogP contribution in [0.5, 0.6) is 0 Å². The minimum atomic E-state index is -0.529. The van der Waals surface area contributed by atoms with Crippen LogP contribution in [0.4, 0.5) is 5.69 Å². The van der Waals surface area contributed by atoms with Crippen molar-refractivity contribution in [2.45, 2.75) is 19.9 Å². The number of H-pyrrole nitrogens is 1. The highest BCUT2D eigenvalue weighted by molar-refractivity contribution is 5.34. The third-order valence-corrected chi connectivity index (χ3v) is 2.94. The highest BCUT2D eigenvalue weighted by atomic mass is 16.6. The third-order valence-electron chi connectivity index (χ3n) is 2.94. The lowest BCUT2D eigenvalue weighted by molar-refractivity contribution is -0.384. The Bertz CT molecular complexity index is 761.